The topological polar surface area (TPSA) is 105 Å². The van der Waals surface area contributed by atoms with Gasteiger partial charge in [0.15, 0.2) is 6.23 Å². The van der Waals surface area contributed by atoms with Crippen LogP contribution in [0, 0.1) is 0 Å². The SMILES string of the molecule is C[Si](C)(C)CCSC1[C@H](n2ccc(=O)[nH]c2=O)O[C@H](CO)[C@H]1O. The van der Waals surface area contributed by atoms with Crippen LogP contribution < -0.4 is 11.2 Å². The fourth-order valence-electron chi connectivity index (χ4n) is 2.40. The van der Waals surface area contributed by atoms with E-state index >= 15 is 0 Å². The van der Waals surface area contributed by atoms with E-state index in [1.807, 2.05) is 0 Å². The highest BCUT2D eigenvalue weighted by Crippen LogP contribution is 2.37. The zero-order valence-corrected chi connectivity index (χ0v) is 15.4. The predicted octanol–water partition coefficient (Wildman–Crippen LogP) is 0.227. The van der Waals surface area contributed by atoms with Gasteiger partial charge in [0, 0.05) is 20.3 Å². The van der Waals surface area contributed by atoms with E-state index in [1.165, 1.54) is 16.8 Å². The minimum Gasteiger partial charge on any atom is -0.394 e. The lowest BCUT2D eigenvalue weighted by Gasteiger charge is -2.23. The van der Waals surface area contributed by atoms with Crippen LogP contribution in [0.4, 0.5) is 0 Å². The number of hydrogen-bond donors (Lipinski definition) is 3. The molecule has 1 fully saturated rings. The van der Waals surface area contributed by atoms with E-state index in [0.29, 0.717) is 0 Å². The van der Waals surface area contributed by atoms with Crippen molar-refractivity contribution in [2.45, 2.75) is 49.4 Å². The molecular weight excluding hydrogens is 336 g/mol. The molecule has 130 valence electrons. The second-order valence-electron chi connectivity index (χ2n) is 6.90. The summed E-state index contributed by atoms with van der Waals surface area (Å²) in [5.74, 6) is 0.855. The number of aliphatic hydroxyl groups is 2. The highest BCUT2D eigenvalue weighted by Gasteiger charge is 2.45. The maximum atomic E-state index is 12.0. The third-order valence-corrected chi connectivity index (χ3v) is 7.23. The van der Waals surface area contributed by atoms with Gasteiger partial charge in [-0.2, -0.15) is 11.8 Å². The van der Waals surface area contributed by atoms with Gasteiger partial charge in [0.1, 0.15) is 6.10 Å². The van der Waals surface area contributed by atoms with Gasteiger partial charge in [-0.3, -0.25) is 14.3 Å². The molecule has 1 saturated heterocycles. The molecule has 9 heteroatoms. The molecule has 2 rings (SSSR count). The van der Waals surface area contributed by atoms with Gasteiger partial charge < -0.3 is 14.9 Å². The monoisotopic (exact) mass is 360 g/mol. The smallest absolute Gasteiger partial charge is 0.330 e. The van der Waals surface area contributed by atoms with Crippen LogP contribution in [0.25, 0.3) is 0 Å². The zero-order valence-electron chi connectivity index (χ0n) is 13.6. The molecule has 7 nitrogen and oxygen atoms in total. The summed E-state index contributed by atoms with van der Waals surface area (Å²) in [6, 6.07) is 2.32. The van der Waals surface area contributed by atoms with Gasteiger partial charge in [0.05, 0.1) is 18.0 Å². The first kappa shape index (κ1) is 18.5. The van der Waals surface area contributed by atoms with E-state index in [1.54, 1.807) is 11.8 Å². The summed E-state index contributed by atoms with van der Waals surface area (Å²) in [6.07, 6.45) is -0.943. The summed E-state index contributed by atoms with van der Waals surface area (Å²) in [7, 11) is -1.20. The molecule has 1 unspecified atom stereocenters. The van der Waals surface area contributed by atoms with Crippen LogP contribution in [0.3, 0.4) is 0 Å². The molecule has 1 aliphatic heterocycles. The van der Waals surface area contributed by atoms with E-state index in [0.717, 1.165) is 11.8 Å². The summed E-state index contributed by atoms with van der Waals surface area (Å²) < 4.78 is 6.93. The number of ether oxygens (including phenoxy) is 1. The van der Waals surface area contributed by atoms with Gasteiger partial charge in [-0.25, -0.2) is 4.79 Å². The average molecular weight is 361 g/mol. The van der Waals surface area contributed by atoms with Gasteiger partial charge in [0.25, 0.3) is 5.56 Å². The highest BCUT2D eigenvalue weighted by molar-refractivity contribution is 8.00. The van der Waals surface area contributed by atoms with Gasteiger partial charge in [0.2, 0.25) is 0 Å². The van der Waals surface area contributed by atoms with Crippen molar-refractivity contribution in [3.05, 3.63) is 33.1 Å². The Hall–Kier alpha value is -0.873. The average Bonchev–Trinajstić information content (AvgIpc) is 2.75. The molecule has 0 aliphatic carbocycles. The number of thioether (sulfide) groups is 1. The van der Waals surface area contributed by atoms with Gasteiger partial charge >= 0.3 is 5.69 Å². The minimum absolute atomic E-state index is 0.319. The van der Waals surface area contributed by atoms with Gasteiger partial charge in [-0.1, -0.05) is 19.6 Å². The Morgan fingerprint density at radius 2 is 2.09 bits per heavy atom. The lowest BCUT2D eigenvalue weighted by Crippen LogP contribution is -2.36. The van der Waals surface area contributed by atoms with E-state index in [-0.39, 0.29) is 11.9 Å². The van der Waals surface area contributed by atoms with Crippen molar-refractivity contribution in [1.29, 1.82) is 0 Å². The molecule has 2 heterocycles. The lowest BCUT2D eigenvalue weighted by atomic mass is 10.2. The Balaban J connectivity index is 2.20. The van der Waals surface area contributed by atoms with E-state index in [9.17, 15) is 19.8 Å². The third-order valence-electron chi connectivity index (χ3n) is 3.78. The molecule has 23 heavy (non-hydrogen) atoms. The predicted molar refractivity (Wildman–Crippen MR) is 92.7 cm³/mol. The van der Waals surface area contributed by atoms with Crippen molar-refractivity contribution in [1.82, 2.24) is 9.55 Å². The van der Waals surface area contributed by atoms with Crippen LogP contribution in [-0.2, 0) is 4.74 Å². The molecule has 0 amide bonds. The molecule has 0 bridgehead atoms. The summed E-state index contributed by atoms with van der Waals surface area (Å²) in [6.45, 7) is 6.50. The molecule has 4 atom stereocenters. The second kappa shape index (κ2) is 7.35. The number of aliphatic hydroxyl groups excluding tert-OH is 2. The highest BCUT2D eigenvalue weighted by atomic mass is 32.2. The number of rotatable bonds is 6. The largest absolute Gasteiger partial charge is 0.394 e. The molecule has 0 saturated carbocycles. The molecule has 0 aromatic carbocycles. The van der Waals surface area contributed by atoms with E-state index in [2.05, 4.69) is 24.6 Å². The molecule has 1 aromatic rings. The van der Waals surface area contributed by atoms with Crippen molar-refractivity contribution in [2.24, 2.45) is 0 Å². The first-order valence-electron chi connectivity index (χ1n) is 7.60. The molecular formula is C14H24N2O5SSi. The zero-order chi connectivity index (χ0) is 17.2. The van der Waals surface area contributed by atoms with Crippen LogP contribution >= 0.6 is 11.8 Å². The van der Waals surface area contributed by atoms with E-state index in [4.69, 9.17) is 4.74 Å². The Labute approximate surface area is 139 Å². The van der Waals surface area contributed by atoms with Crippen LogP contribution in [0.15, 0.2) is 21.9 Å². The van der Waals surface area contributed by atoms with Gasteiger partial charge in [-0.05, 0) is 11.8 Å². The number of nitrogens with zero attached hydrogens (tertiary/aromatic N) is 1. The Bertz CT molecular complexity index is 641. The quantitative estimate of drug-likeness (QED) is 0.627. The third kappa shape index (κ3) is 4.57. The molecule has 1 aliphatic rings. The van der Waals surface area contributed by atoms with Crippen molar-refractivity contribution >= 4 is 19.8 Å². The lowest BCUT2D eigenvalue weighted by molar-refractivity contribution is -0.0457. The maximum Gasteiger partial charge on any atom is 0.330 e. The number of hydrogen-bond acceptors (Lipinski definition) is 6. The summed E-state index contributed by atoms with van der Waals surface area (Å²) in [5, 5.41) is 19.4. The fourth-order valence-corrected chi connectivity index (χ4v) is 6.33. The molecule has 0 spiro atoms. The number of nitrogens with one attached hydrogen (secondary N) is 1. The van der Waals surface area contributed by atoms with Crippen molar-refractivity contribution in [3.63, 3.8) is 0 Å². The van der Waals surface area contributed by atoms with Crippen molar-refractivity contribution in [2.75, 3.05) is 12.4 Å². The summed E-state index contributed by atoms with van der Waals surface area (Å²) >= 11 is 1.55. The van der Waals surface area contributed by atoms with Gasteiger partial charge in [-0.15, -0.1) is 0 Å². The van der Waals surface area contributed by atoms with Crippen molar-refractivity contribution < 1.29 is 14.9 Å². The first-order chi connectivity index (χ1) is 10.7. The van der Waals surface area contributed by atoms with Crippen LogP contribution in [0.1, 0.15) is 6.23 Å². The Morgan fingerprint density at radius 3 is 2.65 bits per heavy atom. The standard InChI is InChI=1S/C14H24N2O5SSi/c1-23(2,3)7-6-22-12-11(19)9(8-17)21-13(12)16-5-4-10(18)15-14(16)20/h4-5,9,11-13,17,19H,6-8H2,1-3H3,(H,15,18,20)/t9-,11-,12?,13-/m1/s1. The Kier molecular flexibility index (Phi) is 5.90. The molecule has 3 N–H and O–H groups in total. The summed E-state index contributed by atoms with van der Waals surface area (Å²) in [5.41, 5.74) is -1.06. The first-order valence-corrected chi connectivity index (χ1v) is 12.4. The summed E-state index contributed by atoms with van der Waals surface area (Å²) in [4.78, 5) is 25.4. The maximum absolute atomic E-state index is 12.0. The molecule has 0 radical (unpaired) electrons. The van der Waals surface area contributed by atoms with E-state index < -0.39 is 37.8 Å². The number of aromatic nitrogens is 2. The van der Waals surface area contributed by atoms with Crippen LogP contribution in [-0.4, -0.2) is 57.7 Å². The van der Waals surface area contributed by atoms with Crippen LogP contribution in [0.2, 0.25) is 25.7 Å². The Morgan fingerprint density at radius 1 is 1.39 bits per heavy atom. The second-order valence-corrected chi connectivity index (χ2v) is 13.8. The fraction of sp³-hybridized carbons (Fsp3) is 0.714. The van der Waals surface area contributed by atoms with Crippen molar-refractivity contribution in [3.8, 4) is 0 Å². The minimum atomic E-state index is -1.20. The van der Waals surface area contributed by atoms with Crippen LogP contribution in [0.5, 0.6) is 0 Å². The number of aromatic amines is 1. The normalized spacial score (nSPS) is 28.2. The number of H-pyrrole nitrogens is 1. The molecule has 1 aromatic heterocycles.